The molecular weight excluding hydrogens is 394 g/mol. The van der Waals surface area contributed by atoms with Gasteiger partial charge in [0, 0.05) is 0 Å². The van der Waals surface area contributed by atoms with Gasteiger partial charge in [0.1, 0.15) is 12.2 Å². The second-order valence-electron chi connectivity index (χ2n) is 8.04. The number of rotatable bonds is 8. The van der Waals surface area contributed by atoms with Gasteiger partial charge in [-0.25, -0.2) is 8.78 Å². The van der Waals surface area contributed by atoms with Crippen LogP contribution in [0.4, 0.5) is 8.78 Å². The van der Waals surface area contributed by atoms with Crippen LogP contribution in [-0.4, -0.2) is 42.9 Å². The fourth-order valence-corrected chi connectivity index (χ4v) is 3.87. The van der Waals surface area contributed by atoms with Crippen LogP contribution in [0.2, 0.25) is 0 Å². The number of benzene rings is 2. The van der Waals surface area contributed by atoms with E-state index < -0.39 is 36.3 Å². The zero-order valence-electron chi connectivity index (χ0n) is 17.0. The SMILES string of the molecule is CC1(C)OC2OC(COCc3ccccc3)(C(F)F)C(OCc3ccccc3)C2O1. The summed E-state index contributed by atoms with van der Waals surface area (Å²) in [5, 5.41) is 0. The second-order valence-corrected chi connectivity index (χ2v) is 8.04. The standard InChI is InChI=1S/C23H26F2O5/c1-22(2)28-18-19(27-14-17-11-7-4-8-12-17)23(21(24)25,30-20(18)29-22)15-26-13-16-9-5-3-6-10-16/h3-12,18-21H,13-15H2,1-2H3. The summed E-state index contributed by atoms with van der Waals surface area (Å²) in [5.41, 5.74) is -0.238. The molecule has 2 aliphatic rings. The van der Waals surface area contributed by atoms with Gasteiger partial charge in [-0.1, -0.05) is 60.7 Å². The molecule has 0 aliphatic carbocycles. The quantitative estimate of drug-likeness (QED) is 0.637. The van der Waals surface area contributed by atoms with Crippen LogP contribution >= 0.6 is 0 Å². The Balaban J connectivity index is 1.53. The Labute approximate surface area is 174 Å². The van der Waals surface area contributed by atoms with Gasteiger partial charge in [0.25, 0.3) is 6.43 Å². The summed E-state index contributed by atoms with van der Waals surface area (Å²) < 4.78 is 57.8. The molecular formula is C23H26F2O5. The van der Waals surface area contributed by atoms with Crippen molar-refractivity contribution in [1.29, 1.82) is 0 Å². The lowest BCUT2D eigenvalue weighted by molar-refractivity contribution is -0.281. The van der Waals surface area contributed by atoms with Gasteiger partial charge < -0.3 is 23.7 Å². The molecule has 4 rings (SSSR count). The molecule has 5 nitrogen and oxygen atoms in total. The third-order valence-electron chi connectivity index (χ3n) is 5.28. The van der Waals surface area contributed by atoms with Crippen molar-refractivity contribution in [3.63, 3.8) is 0 Å². The third kappa shape index (κ3) is 4.40. The molecule has 162 valence electrons. The first kappa shape index (κ1) is 21.3. The van der Waals surface area contributed by atoms with E-state index in [-0.39, 0.29) is 19.8 Å². The van der Waals surface area contributed by atoms with E-state index in [2.05, 4.69) is 0 Å². The second kappa shape index (κ2) is 8.69. The van der Waals surface area contributed by atoms with Crippen molar-refractivity contribution < 1.29 is 32.5 Å². The van der Waals surface area contributed by atoms with Gasteiger partial charge in [-0.2, -0.15) is 0 Å². The lowest BCUT2D eigenvalue weighted by Crippen LogP contribution is -2.55. The predicted octanol–water partition coefficient (Wildman–Crippen LogP) is 4.30. The Kier molecular flexibility index (Phi) is 6.18. The van der Waals surface area contributed by atoms with E-state index in [1.807, 2.05) is 60.7 Å². The highest BCUT2D eigenvalue weighted by atomic mass is 19.3. The zero-order chi connectivity index (χ0) is 21.2. The van der Waals surface area contributed by atoms with Crippen LogP contribution in [0.1, 0.15) is 25.0 Å². The Morgan fingerprint density at radius 2 is 1.47 bits per heavy atom. The molecule has 7 heteroatoms. The maximum atomic E-state index is 14.4. The molecule has 4 atom stereocenters. The fourth-order valence-electron chi connectivity index (χ4n) is 3.87. The van der Waals surface area contributed by atoms with E-state index >= 15 is 0 Å². The van der Waals surface area contributed by atoms with Crippen LogP contribution < -0.4 is 0 Å². The van der Waals surface area contributed by atoms with Gasteiger partial charge in [-0.05, 0) is 25.0 Å². The molecule has 30 heavy (non-hydrogen) atoms. The summed E-state index contributed by atoms with van der Waals surface area (Å²) in [4.78, 5) is 0. The summed E-state index contributed by atoms with van der Waals surface area (Å²) in [6.45, 7) is 3.43. The lowest BCUT2D eigenvalue weighted by Gasteiger charge is -2.35. The van der Waals surface area contributed by atoms with Crippen LogP contribution in [0.25, 0.3) is 0 Å². The monoisotopic (exact) mass is 420 g/mol. The van der Waals surface area contributed by atoms with Gasteiger partial charge in [-0.3, -0.25) is 0 Å². The normalized spacial score (nSPS) is 30.0. The van der Waals surface area contributed by atoms with Gasteiger partial charge >= 0.3 is 0 Å². The van der Waals surface area contributed by atoms with E-state index in [1.54, 1.807) is 13.8 Å². The number of hydrogen-bond acceptors (Lipinski definition) is 5. The minimum atomic E-state index is -2.85. The maximum absolute atomic E-state index is 14.4. The number of fused-ring (bicyclic) bond motifs is 1. The highest BCUT2D eigenvalue weighted by Crippen LogP contribution is 2.46. The van der Waals surface area contributed by atoms with Crippen molar-refractivity contribution in [3.05, 3.63) is 71.8 Å². The number of ether oxygens (including phenoxy) is 5. The van der Waals surface area contributed by atoms with Crippen LogP contribution in [-0.2, 0) is 36.9 Å². The van der Waals surface area contributed by atoms with Gasteiger partial charge in [0.05, 0.1) is 19.8 Å². The van der Waals surface area contributed by atoms with Crippen molar-refractivity contribution in [2.45, 2.75) is 63.4 Å². The first-order valence-electron chi connectivity index (χ1n) is 9.98. The minimum Gasteiger partial charge on any atom is -0.373 e. The molecule has 0 N–H and O–H groups in total. The van der Waals surface area contributed by atoms with E-state index in [4.69, 9.17) is 23.7 Å². The third-order valence-corrected chi connectivity index (χ3v) is 5.28. The highest BCUT2D eigenvalue weighted by Gasteiger charge is 2.66. The average molecular weight is 420 g/mol. The molecule has 2 heterocycles. The van der Waals surface area contributed by atoms with Crippen LogP contribution in [0, 0.1) is 0 Å². The maximum Gasteiger partial charge on any atom is 0.272 e. The van der Waals surface area contributed by atoms with Gasteiger partial charge in [-0.15, -0.1) is 0 Å². The van der Waals surface area contributed by atoms with Gasteiger partial charge in [0.15, 0.2) is 17.7 Å². The van der Waals surface area contributed by atoms with Crippen LogP contribution in [0.3, 0.4) is 0 Å². The Morgan fingerprint density at radius 1 is 0.867 bits per heavy atom. The summed E-state index contributed by atoms with van der Waals surface area (Å²) >= 11 is 0. The zero-order valence-corrected chi connectivity index (χ0v) is 17.0. The molecule has 2 aromatic carbocycles. The number of hydrogen-bond donors (Lipinski definition) is 0. The number of halogens is 2. The van der Waals surface area contributed by atoms with E-state index in [9.17, 15) is 8.78 Å². The first-order chi connectivity index (χ1) is 14.4. The summed E-state index contributed by atoms with van der Waals surface area (Å²) in [5.74, 6) is -0.942. The van der Waals surface area contributed by atoms with Crippen molar-refractivity contribution in [2.75, 3.05) is 6.61 Å². The van der Waals surface area contributed by atoms with Crippen molar-refractivity contribution in [2.24, 2.45) is 0 Å². The Bertz CT molecular complexity index is 817. The molecule has 2 aliphatic heterocycles. The van der Waals surface area contributed by atoms with Crippen molar-refractivity contribution in [3.8, 4) is 0 Å². The molecule has 0 saturated carbocycles. The molecule has 0 radical (unpaired) electrons. The largest absolute Gasteiger partial charge is 0.373 e. The Hall–Kier alpha value is -1.90. The summed E-state index contributed by atoms with van der Waals surface area (Å²) in [6, 6.07) is 18.7. The molecule has 0 aromatic heterocycles. The molecule has 2 saturated heterocycles. The smallest absolute Gasteiger partial charge is 0.272 e. The molecule has 4 unspecified atom stereocenters. The van der Waals surface area contributed by atoms with Gasteiger partial charge in [0.2, 0.25) is 0 Å². The lowest BCUT2D eigenvalue weighted by atomic mass is 9.96. The molecule has 2 fully saturated rings. The highest BCUT2D eigenvalue weighted by molar-refractivity contribution is 5.15. The van der Waals surface area contributed by atoms with Crippen LogP contribution in [0.5, 0.6) is 0 Å². The van der Waals surface area contributed by atoms with Crippen molar-refractivity contribution in [1.82, 2.24) is 0 Å². The van der Waals surface area contributed by atoms with E-state index in [0.717, 1.165) is 11.1 Å². The van der Waals surface area contributed by atoms with E-state index in [1.165, 1.54) is 0 Å². The van der Waals surface area contributed by atoms with Crippen molar-refractivity contribution >= 4 is 0 Å². The fraction of sp³-hybridized carbons (Fsp3) is 0.478. The molecule has 0 amide bonds. The molecule has 0 spiro atoms. The minimum absolute atomic E-state index is 0.148. The number of alkyl halides is 2. The molecule has 2 aromatic rings. The predicted molar refractivity (Wildman–Crippen MR) is 105 cm³/mol. The van der Waals surface area contributed by atoms with Crippen LogP contribution in [0.15, 0.2) is 60.7 Å². The average Bonchev–Trinajstić information content (AvgIpc) is 3.17. The molecule has 0 bridgehead atoms. The topological polar surface area (TPSA) is 46.2 Å². The first-order valence-corrected chi connectivity index (χ1v) is 9.98. The Morgan fingerprint density at radius 3 is 2.07 bits per heavy atom. The van der Waals surface area contributed by atoms with E-state index in [0.29, 0.717) is 0 Å². The summed E-state index contributed by atoms with van der Waals surface area (Å²) in [6.07, 6.45) is -5.64. The summed E-state index contributed by atoms with van der Waals surface area (Å²) in [7, 11) is 0.